The number of fused-ring (bicyclic) bond motifs is 1. The lowest BCUT2D eigenvalue weighted by atomic mass is 10.0. The minimum absolute atomic E-state index is 0.146. The molecule has 2 aromatic carbocycles. The van der Waals surface area contributed by atoms with E-state index in [1.54, 1.807) is 36.7 Å². The van der Waals surface area contributed by atoms with Gasteiger partial charge in [0.1, 0.15) is 12.3 Å². The van der Waals surface area contributed by atoms with Gasteiger partial charge in [-0.15, -0.1) is 0 Å². The van der Waals surface area contributed by atoms with Gasteiger partial charge in [0.05, 0.1) is 12.7 Å². The molecule has 150 valence electrons. The molecule has 0 amide bonds. The quantitative estimate of drug-likeness (QED) is 0.436. The number of hydrogen-bond acceptors (Lipinski definition) is 4. The number of aliphatic carboxylic acids is 1. The summed E-state index contributed by atoms with van der Waals surface area (Å²) in [5.74, 6) is -0.0180. The van der Waals surface area contributed by atoms with Crippen LogP contribution in [-0.4, -0.2) is 28.2 Å². The van der Waals surface area contributed by atoms with Crippen molar-refractivity contribution in [2.75, 3.05) is 7.11 Å². The molecule has 0 saturated carbocycles. The van der Waals surface area contributed by atoms with Gasteiger partial charge in [0.2, 0.25) is 0 Å². The predicted molar refractivity (Wildman–Crippen MR) is 115 cm³/mol. The Labute approximate surface area is 173 Å². The molecule has 0 unspecified atom stereocenters. The van der Waals surface area contributed by atoms with Crippen molar-refractivity contribution in [1.29, 1.82) is 0 Å². The van der Waals surface area contributed by atoms with E-state index in [1.165, 1.54) is 7.11 Å². The number of methoxy groups -OCH3 is 1. The minimum atomic E-state index is -1.03. The molecule has 30 heavy (non-hydrogen) atoms. The van der Waals surface area contributed by atoms with Gasteiger partial charge in [-0.05, 0) is 41.5 Å². The van der Waals surface area contributed by atoms with Gasteiger partial charge < -0.3 is 19.6 Å². The molecule has 6 nitrogen and oxygen atoms in total. The van der Waals surface area contributed by atoms with E-state index in [2.05, 4.69) is 9.97 Å². The Bertz CT molecular complexity index is 1210. The van der Waals surface area contributed by atoms with Gasteiger partial charge in [0.25, 0.3) is 0 Å². The zero-order chi connectivity index (χ0) is 20.9. The van der Waals surface area contributed by atoms with Gasteiger partial charge in [0, 0.05) is 23.3 Å². The summed E-state index contributed by atoms with van der Waals surface area (Å²) >= 11 is 0. The van der Waals surface area contributed by atoms with E-state index < -0.39 is 5.97 Å². The number of carboxylic acids is 1. The lowest BCUT2D eigenvalue weighted by Crippen LogP contribution is -2.02. The maximum atomic E-state index is 12.0. The largest absolute Gasteiger partial charge is 0.493 e. The molecule has 0 spiro atoms. The molecular weight excluding hydrogens is 380 g/mol. The van der Waals surface area contributed by atoms with Crippen LogP contribution >= 0.6 is 0 Å². The summed E-state index contributed by atoms with van der Waals surface area (Å²) in [7, 11) is 1.53. The van der Waals surface area contributed by atoms with Crippen LogP contribution in [0.15, 0.2) is 73.1 Å². The molecule has 4 rings (SSSR count). The van der Waals surface area contributed by atoms with Crippen LogP contribution in [0.1, 0.15) is 16.7 Å². The van der Waals surface area contributed by atoms with Crippen molar-refractivity contribution in [2.24, 2.45) is 0 Å². The number of H-pyrrole nitrogens is 1. The van der Waals surface area contributed by atoms with Crippen molar-refractivity contribution in [3.05, 3.63) is 89.7 Å². The SMILES string of the molecule is COc1cc(C(=Cc2c[nH]c3ncccc23)C(=O)O)ccc1OCc1ccccc1. The standard InChI is InChI=1S/C24H20N2O4/c1-29-22-13-17(9-10-21(22)30-15-16-6-3-2-4-7-16)20(24(27)28)12-18-14-26-23-19(18)8-5-11-25-23/h2-14H,15H2,1H3,(H,25,26)(H,27,28). The number of ether oxygens (including phenoxy) is 2. The summed E-state index contributed by atoms with van der Waals surface area (Å²) in [5, 5.41) is 10.7. The second kappa shape index (κ2) is 8.53. The Balaban J connectivity index is 1.66. The first kappa shape index (κ1) is 19.3. The van der Waals surface area contributed by atoms with E-state index in [9.17, 15) is 9.90 Å². The van der Waals surface area contributed by atoms with Gasteiger partial charge in [-0.1, -0.05) is 36.4 Å². The number of aromatic amines is 1. The molecule has 0 radical (unpaired) electrons. The lowest BCUT2D eigenvalue weighted by Gasteiger charge is -2.13. The number of pyridine rings is 1. The predicted octanol–water partition coefficient (Wildman–Crippen LogP) is 4.78. The molecular formula is C24H20N2O4. The Hall–Kier alpha value is -4.06. The molecule has 6 heteroatoms. The van der Waals surface area contributed by atoms with E-state index in [0.717, 1.165) is 16.5 Å². The number of carboxylic acid groups (broad SMARTS) is 1. The fourth-order valence-electron chi connectivity index (χ4n) is 3.21. The van der Waals surface area contributed by atoms with E-state index in [1.807, 2.05) is 42.5 Å². The second-order valence-corrected chi connectivity index (χ2v) is 6.65. The topological polar surface area (TPSA) is 84.4 Å². The van der Waals surface area contributed by atoms with Crippen molar-refractivity contribution in [1.82, 2.24) is 9.97 Å². The Kier molecular flexibility index (Phi) is 5.48. The fraction of sp³-hybridized carbons (Fsp3) is 0.0833. The average molecular weight is 400 g/mol. The molecule has 0 saturated heterocycles. The first-order chi connectivity index (χ1) is 14.7. The van der Waals surface area contributed by atoms with E-state index >= 15 is 0 Å². The molecule has 0 fully saturated rings. The molecule has 0 aliphatic rings. The highest BCUT2D eigenvalue weighted by molar-refractivity contribution is 6.21. The molecule has 2 aromatic heterocycles. The molecule has 0 aliphatic carbocycles. The third kappa shape index (κ3) is 4.03. The van der Waals surface area contributed by atoms with Crippen LogP contribution in [0.25, 0.3) is 22.7 Å². The van der Waals surface area contributed by atoms with E-state index in [-0.39, 0.29) is 5.57 Å². The van der Waals surface area contributed by atoms with Gasteiger partial charge in [-0.2, -0.15) is 0 Å². The van der Waals surface area contributed by atoms with Crippen LogP contribution in [0.2, 0.25) is 0 Å². The van der Waals surface area contributed by atoms with Crippen molar-refractivity contribution in [2.45, 2.75) is 6.61 Å². The zero-order valence-electron chi connectivity index (χ0n) is 16.3. The minimum Gasteiger partial charge on any atom is -0.493 e. The summed E-state index contributed by atoms with van der Waals surface area (Å²) in [6, 6.07) is 18.6. The number of hydrogen-bond donors (Lipinski definition) is 2. The third-order valence-electron chi connectivity index (χ3n) is 4.73. The maximum absolute atomic E-state index is 12.0. The van der Waals surface area contributed by atoms with Crippen LogP contribution < -0.4 is 9.47 Å². The highest BCUT2D eigenvalue weighted by Crippen LogP contribution is 2.32. The van der Waals surface area contributed by atoms with E-state index in [0.29, 0.717) is 29.3 Å². The molecule has 0 atom stereocenters. The summed E-state index contributed by atoms with van der Waals surface area (Å²) in [5.41, 5.74) is 3.15. The van der Waals surface area contributed by atoms with Crippen molar-refractivity contribution < 1.29 is 19.4 Å². The summed E-state index contributed by atoms with van der Waals surface area (Å²) in [6.07, 6.45) is 5.06. The number of aromatic nitrogens is 2. The fourth-order valence-corrected chi connectivity index (χ4v) is 3.21. The lowest BCUT2D eigenvalue weighted by molar-refractivity contribution is -0.130. The Morgan fingerprint density at radius 1 is 1.10 bits per heavy atom. The smallest absolute Gasteiger partial charge is 0.336 e. The first-order valence-corrected chi connectivity index (χ1v) is 9.38. The molecule has 4 aromatic rings. The number of carbonyl (C=O) groups is 1. The van der Waals surface area contributed by atoms with Crippen molar-refractivity contribution >= 4 is 28.7 Å². The molecule has 2 heterocycles. The summed E-state index contributed by atoms with van der Waals surface area (Å²) < 4.78 is 11.3. The van der Waals surface area contributed by atoms with Crippen LogP contribution in [0.3, 0.4) is 0 Å². The molecule has 0 aliphatic heterocycles. The van der Waals surface area contributed by atoms with Crippen LogP contribution in [0.4, 0.5) is 0 Å². The van der Waals surface area contributed by atoms with Crippen LogP contribution in [0.5, 0.6) is 11.5 Å². The summed E-state index contributed by atoms with van der Waals surface area (Å²) in [4.78, 5) is 19.3. The highest BCUT2D eigenvalue weighted by atomic mass is 16.5. The number of nitrogens with zero attached hydrogens (tertiary/aromatic N) is 1. The van der Waals surface area contributed by atoms with Gasteiger partial charge >= 0.3 is 5.97 Å². The summed E-state index contributed by atoms with van der Waals surface area (Å²) in [6.45, 7) is 0.389. The Morgan fingerprint density at radius 2 is 1.93 bits per heavy atom. The number of benzene rings is 2. The highest BCUT2D eigenvalue weighted by Gasteiger charge is 2.15. The van der Waals surface area contributed by atoms with Gasteiger partial charge in [0.15, 0.2) is 11.5 Å². The first-order valence-electron chi connectivity index (χ1n) is 9.38. The van der Waals surface area contributed by atoms with Crippen molar-refractivity contribution in [3.63, 3.8) is 0 Å². The van der Waals surface area contributed by atoms with Crippen LogP contribution in [-0.2, 0) is 11.4 Å². The number of nitrogens with one attached hydrogen (secondary N) is 1. The molecule has 2 N–H and O–H groups in total. The average Bonchev–Trinajstić information content (AvgIpc) is 3.19. The van der Waals surface area contributed by atoms with Crippen molar-refractivity contribution in [3.8, 4) is 11.5 Å². The second-order valence-electron chi connectivity index (χ2n) is 6.65. The monoisotopic (exact) mass is 400 g/mol. The normalized spacial score (nSPS) is 11.4. The van der Waals surface area contributed by atoms with Gasteiger partial charge in [-0.3, -0.25) is 0 Å². The van der Waals surface area contributed by atoms with Gasteiger partial charge in [-0.25, -0.2) is 9.78 Å². The third-order valence-corrected chi connectivity index (χ3v) is 4.73. The number of rotatable bonds is 7. The molecule has 0 bridgehead atoms. The maximum Gasteiger partial charge on any atom is 0.336 e. The zero-order valence-corrected chi connectivity index (χ0v) is 16.3. The van der Waals surface area contributed by atoms with Crippen LogP contribution in [0, 0.1) is 0 Å². The Morgan fingerprint density at radius 3 is 2.70 bits per heavy atom. The van der Waals surface area contributed by atoms with E-state index in [4.69, 9.17) is 9.47 Å².